The monoisotopic (exact) mass is 310 g/mol. The van der Waals surface area contributed by atoms with Crippen molar-refractivity contribution in [1.29, 1.82) is 0 Å². The predicted molar refractivity (Wildman–Crippen MR) is 82.4 cm³/mol. The zero-order valence-electron chi connectivity index (χ0n) is 11.5. The molecule has 1 aromatic rings. The van der Waals surface area contributed by atoms with Crippen LogP contribution in [0.4, 0.5) is 5.69 Å². The van der Waals surface area contributed by atoms with E-state index in [4.69, 9.17) is 0 Å². The molecule has 1 fully saturated rings. The number of piperidine rings is 1. The van der Waals surface area contributed by atoms with Crippen LogP contribution in [0.2, 0.25) is 0 Å². The van der Waals surface area contributed by atoms with E-state index in [1.54, 1.807) is 0 Å². The second kappa shape index (κ2) is 6.07. The molecule has 2 atom stereocenters. The van der Waals surface area contributed by atoms with Crippen molar-refractivity contribution < 1.29 is 0 Å². The molecule has 1 heterocycles. The van der Waals surface area contributed by atoms with Crippen molar-refractivity contribution in [2.45, 2.75) is 45.7 Å². The van der Waals surface area contributed by atoms with Crippen molar-refractivity contribution >= 4 is 21.6 Å². The number of halogens is 1. The Bertz CT molecular complexity index is 405. The summed E-state index contributed by atoms with van der Waals surface area (Å²) in [5.41, 5.74) is 2.66. The fraction of sp³-hybridized carbons (Fsp3) is 0.600. The number of hydrogen-bond acceptors (Lipinski definition) is 2. The summed E-state index contributed by atoms with van der Waals surface area (Å²) in [6.45, 7) is 8.89. The lowest BCUT2D eigenvalue weighted by atomic mass is 9.97. The molecule has 2 rings (SSSR count). The van der Waals surface area contributed by atoms with Gasteiger partial charge < -0.3 is 10.2 Å². The van der Waals surface area contributed by atoms with E-state index in [0.29, 0.717) is 12.1 Å². The standard InChI is InChI=1S/C15H23BrN2/c1-4-17-13-8-9-18(12(3)10-13)14-7-5-6-11(2)15(14)16/h5-7,12-13,17H,4,8-10H2,1-3H3. The van der Waals surface area contributed by atoms with E-state index >= 15 is 0 Å². The first-order valence-corrected chi connectivity index (χ1v) is 7.68. The van der Waals surface area contributed by atoms with Gasteiger partial charge in [-0.3, -0.25) is 0 Å². The van der Waals surface area contributed by atoms with Gasteiger partial charge in [0, 0.05) is 23.1 Å². The first-order chi connectivity index (χ1) is 8.63. The second-order valence-electron chi connectivity index (χ2n) is 5.23. The van der Waals surface area contributed by atoms with Crippen LogP contribution in [0.25, 0.3) is 0 Å². The second-order valence-corrected chi connectivity index (χ2v) is 6.02. The summed E-state index contributed by atoms with van der Waals surface area (Å²) >= 11 is 3.73. The largest absolute Gasteiger partial charge is 0.368 e. The van der Waals surface area contributed by atoms with Crippen LogP contribution in [0.15, 0.2) is 22.7 Å². The highest BCUT2D eigenvalue weighted by molar-refractivity contribution is 9.10. The molecule has 3 heteroatoms. The molecule has 0 saturated carbocycles. The Hall–Kier alpha value is -0.540. The zero-order chi connectivity index (χ0) is 13.1. The summed E-state index contributed by atoms with van der Waals surface area (Å²) in [6.07, 6.45) is 2.47. The highest BCUT2D eigenvalue weighted by Crippen LogP contribution is 2.33. The summed E-state index contributed by atoms with van der Waals surface area (Å²) < 4.78 is 1.25. The maximum Gasteiger partial charge on any atom is 0.0515 e. The fourth-order valence-corrected chi connectivity index (χ4v) is 3.35. The van der Waals surface area contributed by atoms with Gasteiger partial charge in [0.05, 0.1) is 5.69 Å². The van der Waals surface area contributed by atoms with E-state index in [-0.39, 0.29) is 0 Å². The molecule has 100 valence electrons. The zero-order valence-corrected chi connectivity index (χ0v) is 13.1. The smallest absolute Gasteiger partial charge is 0.0515 e. The van der Waals surface area contributed by atoms with Gasteiger partial charge in [-0.1, -0.05) is 19.1 Å². The van der Waals surface area contributed by atoms with E-state index in [1.807, 2.05) is 0 Å². The van der Waals surface area contributed by atoms with Gasteiger partial charge in [-0.05, 0) is 60.8 Å². The van der Waals surface area contributed by atoms with Crippen molar-refractivity contribution in [1.82, 2.24) is 5.32 Å². The number of anilines is 1. The Morgan fingerprint density at radius 1 is 1.44 bits per heavy atom. The molecular formula is C15H23BrN2. The average Bonchev–Trinajstić information content (AvgIpc) is 2.34. The third kappa shape index (κ3) is 2.89. The summed E-state index contributed by atoms with van der Waals surface area (Å²) in [5, 5.41) is 3.57. The lowest BCUT2D eigenvalue weighted by Gasteiger charge is -2.40. The molecule has 2 nitrogen and oxygen atoms in total. The SMILES string of the molecule is CCNC1CCN(c2cccc(C)c2Br)C(C)C1. The van der Waals surface area contributed by atoms with Crippen molar-refractivity contribution in [3.8, 4) is 0 Å². The predicted octanol–water partition coefficient (Wildman–Crippen LogP) is 3.72. The maximum atomic E-state index is 3.73. The van der Waals surface area contributed by atoms with E-state index in [1.165, 1.54) is 28.6 Å². The molecule has 0 aromatic heterocycles. The normalized spacial score (nSPS) is 24.3. The van der Waals surface area contributed by atoms with Crippen LogP contribution >= 0.6 is 15.9 Å². The molecular weight excluding hydrogens is 288 g/mol. The van der Waals surface area contributed by atoms with E-state index in [2.05, 4.69) is 65.1 Å². The molecule has 0 spiro atoms. The van der Waals surface area contributed by atoms with Crippen LogP contribution < -0.4 is 10.2 Å². The molecule has 1 aliphatic rings. The van der Waals surface area contributed by atoms with Gasteiger partial charge in [0.2, 0.25) is 0 Å². The third-order valence-electron chi connectivity index (χ3n) is 3.85. The lowest BCUT2D eigenvalue weighted by molar-refractivity contribution is 0.374. The molecule has 18 heavy (non-hydrogen) atoms. The minimum atomic E-state index is 0.598. The number of hydrogen-bond donors (Lipinski definition) is 1. The van der Waals surface area contributed by atoms with Crippen molar-refractivity contribution in [2.75, 3.05) is 18.0 Å². The summed E-state index contributed by atoms with van der Waals surface area (Å²) in [4.78, 5) is 2.53. The topological polar surface area (TPSA) is 15.3 Å². The van der Waals surface area contributed by atoms with Gasteiger partial charge in [-0.2, -0.15) is 0 Å². The fourth-order valence-electron chi connectivity index (χ4n) is 2.86. The van der Waals surface area contributed by atoms with Gasteiger partial charge >= 0.3 is 0 Å². The highest BCUT2D eigenvalue weighted by Gasteiger charge is 2.26. The molecule has 2 unspecified atom stereocenters. The molecule has 0 bridgehead atoms. The van der Waals surface area contributed by atoms with Gasteiger partial charge in [0.1, 0.15) is 0 Å². The van der Waals surface area contributed by atoms with Crippen molar-refractivity contribution in [3.05, 3.63) is 28.2 Å². The van der Waals surface area contributed by atoms with Crippen LogP contribution in [-0.2, 0) is 0 Å². The van der Waals surface area contributed by atoms with Crippen LogP contribution in [0.5, 0.6) is 0 Å². The van der Waals surface area contributed by atoms with Gasteiger partial charge in [-0.25, -0.2) is 0 Å². The molecule has 0 radical (unpaired) electrons. The number of nitrogens with one attached hydrogen (secondary N) is 1. The molecule has 0 aliphatic carbocycles. The van der Waals surface area contributed by atoms with Crippen LogP contribution in [-0.4, -0.2) is 25.2 Å². The van der Waals surface area contributed by atoms with Crippen LogP contribution in [0.1, 0.15) is 32.3 Å². The summed E-state index contributed by atoms with van der Waals surface area (Å²) in [5.74, 6) is 0. The Kier molecular flexibility index (Phi) is 4.68. The molecule has 1 saturated heterocycles. The number of nitrogens with zero attached hydrogens (tertiary/aromatic N) is 1. The number of aryl methyl sites for hydroxylation is 1. The highest BCUT2D eigenvalue weighted by atomic mass is 79.9. The summed E-state index contributed by atoms with van der Waals surface area (Å²) in [7, 11) is 0. The third-order valence-corrected chi connectivity index (χ3v) is 4.88. The maximum absolute atomic E-state index is 3.73. The van der Waals surface area contributed by atoms with Crippen molar-refractivity contribution in [3.63, 3.8) is 0 Å². The minimum absolute atomic E-state index is 0.598. The van der Waals surface area contributed by atoms with Gasteiger partial charge in [0.15, 0.2) is 0 Å². The lowest BCUT2D eigenvalue weighted by Crippen LogP contribution is -2.47. The quantitative estimate of drug-likeness (QED) is 0.915. The van der Waals surface area contributed by atoms with Gasteiger partial charge in [-0.15, -0.1) is 0 Å². The molecule has 0 amide bonds. The number of rotatable bonds is 3. The van der Waals surface area contributed by atoms with E-state index in [0.717, 1.165) is 13.1 Å². The van der Waals surface area contributed by atoms with E-state index < -0.39 is 0 Å². The molecule has 1 aromatic carbocycles. The van der Waals surface area contributed by atoms with Crippen LogP contribution in [0.3, 0.4) is 0 Å². The summed E-state index contributed by atoms with van der Waals surface area (Å²) in [6, 6.07) is 7.81. The first-order valence-electron chi connectivity index (χ1n) is 6.88. The first kappa shape index (κ1) is 13.9. The van der Waals surface area contributed by atoms with Crippen molar-refractivity contribution in [2.24, 2.45) is 0 Å². The Morgan fingerprint density at radius 3 is 2.89 bits per heavy atom. The van der Waals surface area contributed by atoms with E-state index in [9.17, 15) is 0 Å². The Balaban J connectivity index is 2.13. The van der Waals surface area contributed by atoms with Gasteiger partial charge in [0.25, 0.3) is 0 Å². The van der Waals surface area contributed by atoms with Crippen LogP contribution in [0, 0.1) is 6.92 Å². The molecule has 1 N–H and O–H groups in total. The Morgan fingerprint density at radius 2 is 2.22 bits per heavy atom. The Labute approximate surface area is 119 Å². The minimum Gasteiger partial charge on any atom is -0.368 e. The number of benzene rings is 1. The average molecular weight is 311 g/mol. The molecule has 1 aliphatic heterocycles.